The highest BCUT2D eigenvalue weighted by atomic mass is 15.1. The van der Waals surface area contributed by atoms with Gasteiger partial charge in [-0.05, 0) is 113 Å². The van der Waals surface area contributed by atoms with Gasteiger partial charge in [-0.25, -0.2) is 0 Å². The van der Waals surface area contributed by atoms with Crippen molar-refractivity contribution in [3.63, 3.8) is 0 Å². The van der Waals surface area contributed by atoms with E-state index in [1.54, 1.807) is 0 Å². The van der Waals surface area contributed by atoms with E-state index in [1.807, 2.05) is 0 Å². The van der Waals surface area contributed by atoms with Gasteiger partial charge in [0.15, 0.2) is 0 Å². The van der Waals surface area contributed by atoms with Gasteiger partial charge in [0.05, 0.1) is 5.69 Å². The van der Waals surface area contributed by atoms with Crippen molar-refractivity contribution in [3.05, 3.63) is 236 Å². The summed E-state index contributed by atoms with van der Waals surface area (Å²) in [5.74, 6) is 0. The smallest absolute Gasteiger partial charge is 0.0543 e. The molecule has 10 aromatic carbocycles. The molecular formula is C59H43N. The molecule has 11 rings (SSSR count). The maximum atomic E-state index is 2.44. The zero-order valence-electron chi connectivity index (χ0n) is 33.8. The van der Waals surface area contributed by atoms with Crippen LogP contribution in [0, 0.1) is 0 Å². The van der Waals surface area contributed by atoms with Gasteiger partial charge in [0.1, 0.15) is 0 Å². The average Bonchev–Trinajstić information content (AvgIpc) is 3.55. The molecule has 60 heavy (non-hydrogen) atoms. The molecule has 0 amide bonds. The summed E-state index contributed by atoms with van der Waals surface area (Å²) < 4.78 is 0. The molecule has 284 valence electrons. The standard InChI is InChI=1S/C59H43N/c1-59(2)55-21-8-7-18-54(55)58-56(59)22-11-23-57(58)60(48-36-32-42(33-37-48)40-24-28-46(29-25-40)52-19-9-14-44-12-3-5-16-50(44)52)49-38-34-43(35-39-49)41-26-30-47(31-27-41)53-20-10-15-45-13-4-6-17-51(45)53/h3-39H,1-2H3. The summed E-state index contributed by atoms with van der Waals surface area (Å²) in [4.78, 5) is 2.44. The number of hydrogen-bond acceptors (Lipinski definition) is 1. The van der Waals surface area contributed by atoms with Crippen molar-refractivity contribution in [2.45, 2.75) is 19.3 Å². The molecule has 0 saturated heterocycles. The van der Waals surface area contributed by atoms with E-state index in [9.17, 15) is 0 Å². The Bertz CT molecular complexity index is 3010. The minimum atomic E-state index is -0.0995. The molecule has 0 radical (unpaired) electrons. The maximum absolute atomic E-state index is 2.44. The zero-order chi connectivity index (χ0) is 40.2. The highest BCUT2D eigenvalue weighted by Gasteiger charge is 2.37. The fourth-order valence-corrected chi connectivity index (χ4v) is 9.59. The van der Waals surface area contributed by atoms with Gasteiger partial charge in [-0.3, -0.25) is 0 Å². The van der Waals surface area contributed by atoms with Crippen LogP contribution in [0.5, 0.6) is 0 Å². The molecule has 0 spiro atoms. The molecule has 0 saturated carbocycles. The highest BCUT2D eigenvalue weighted by Crippen LogP contribution is 2.54. The van der Waals surface area contributed by atoms with E-state index in [0.29, 0.717) is 0 Å². The molecule has 1 aliphatic carbocycles. The van der Waals surface area contributed by atoms with E-state index in [1.165, 1.54) is 94.0 Å². The summed E-state index contributed by atoms with van der Waals surface area (Å²) >= 11 is 0. The first-order chi connectivity index (χ1) is 29.5. The number of rotatable bonds is 7. The van der Waals surface area contributed by atoms with Crippen molar-refractivity contribution in [1.29, 1.82) is 0 Å². The van der Waals surface area contributed by atoms with Gasteiger partial charge in [-0.1, -0.05) is 208 Å². The molecule has 0 bridgehead atoms. The molecule has 10 aromatic rings. The number of benzene rings is 10. The van der Waals surface area contributed by atoms with E-state index in [-0.39, 0.29) is 5.41 Å². The summed E-state index contributed by atoms with van der Waals surface area (Å²) in [7, 11) is 0. The Morgan fingerprint density at radius 2 is 0.667 bits per heavy atom. The van der Waals surface area contributed by atoms with Crippen molar-refractivity contribution >= 4 is 38.6 Å². The predicted molar refractivity (Wildman–Crippen MR) is 255 cm³/mol. The van der Waals surface area contributed by atoms with Crippen LogP contribution in [-0.4, -0.2) is 0 Å². The third-order valence-corrected chi connectivity index (χ3v) is 12.7. The van der Waals surface area contributed by atoms with Crippen LogP contribution in [-0.2, 0) is 5.41 Å². The molecule has 0 unspecified atom stereocenters. The van der Waals surface area contributed by atoms with Gasteiger partial charge in [0.2, 0.25) is 0 Å². The first-order valence-corrected chi connectivity index (χ1v) is 20.9. The first kappa shape index (κ1) is 35.7. The summed E-state index contributed by atoms with van der Waals surface area (Å²) in [5, 5.41) is 5.07. The summed E-state index contributed by atoms with van der Waals surface area (Å²) in [6, 6.07) is 82.3. The minimum Gasteiger partial charge on any atom is -0.310 e. The topological polar surface area (TPSA) is 3.24 Å². The van der Waals surface area contributed by atoms with Crippen LogP contribution in [0.1, 0.15) is 25.0 Å². The first-order valence-electron chi connectivity index (χ1n) is 20.9. The Hall–Kier alpha value is -7.48. The molecule has 1 nitrogen and oxygen atoms in total. The van der Waals surface area contributed by atoms with Crippen LogP contribution in [0.15, 0.2) is 224 Å². The Morgan fingerprint density at radius 3 is 1.18 bits per heavy atom. The van der Waals surface area contributed by atoms with Crippen LogP contribution in [0.25, 0.3) is 77.2 Å². The van der Waals surface area contributed by atoms with Crippen molar-refractivity contribution in [2.24, 2.45) is 0 Å². The molecule has 0 aliphatic heterocycles. The van der Waals surface area contributed by atoms with Crippen molar-refractivity contribution < 1.29 is 0 Å². The Kier molecular flexibility index (Phi) is 8.57. The number of anilines is 3. The van der Waals surface area contributed by atoms with Crippen LogP contribution < -0.4 is 4.90 Å². The lowest BCUT2D eigenvalue weighted by molar-refractivity contribution is 0.660. The second-order valence-electron chi connectivity index (χ2n) is 16.5. The van der Waals surface area contributed by atoms with Gasteiger partial charge >= 0.3 is 0 Å². The summed E-state index contributed by atoms with van der Waals surface area (Å²) in [6.45, 7) is 4.71. The highest BCUT2D eigenvalue weighted by molar-refractivity contribution is 5.99. The number of fused-ring (bicyclic) bond motifs is 5. The minimum absolute atomic E-state index is 0.0995. The molecule has 0 N–H and O–H groups in total. The Balaban J connectivity index is 0.959. The third kappa shape index (κ3) is 6.01. The molecule has 1 heteroatoms. The average molecular weight is 766 g/mol. The van der Waals surface area contributed by atoms with Crippen LogP contribution in [0.4, 0.5) is 17.1 Å². The van der Waals surface area contributed by atoms with Gasteiger partial charge < -0.3 is 4.90 Å². The molecule has 0 heterocycles. The Labute approximate surface area is 352 Å². The predicted octanol–water partition coefficient (Wildman–Crippen LogP) is 16.4. The van der Waals surface area contributed by atoms with Crippen LogP contribution in [0.2, 0.25) is 0 Å². The lowest BCUT2D eigenvalue weighted by Gasteiger charge is -2.29. The van der Waals surface area contributed by atoms with Crippen LogP contribution >= 0.6 is 0 Å². The molecule has 0 fully saturated rings. The van der Waals surface area contributed by atoms with Crippen LogP contribution in [0.3, 0.4) is 0 Å². The summed E-state index contributed by atoms with van der Waals surface area (Å²) in [5.41, 5.74) is 18.4. The second kappa shape index (κ2) is 14.4. The van der Waals surface area contributed by atoms with E-state index >= 15 is 0 Å². The van der Waals surface area contributed by atoms with Crippen molar-refractivity contribution in [1.82, 2.24) is 0 Å². The fourth-order valence-electron chi connectivity index (χ4n) is 9.59. The van der Waals surface area contributed by atoms with Crippen molar-refractivity contribution in [2.75, 3.05) is 4.90 Å². The number of nitrogens with zero attached hydrogens (tertiary/aromatic N) is 1. The van der Waals surface area contributed by atoms with E-state index < -0.39 is 0 Å². The van der Waals surface area contributed by atoms with Gasteiger partial charge in [0, 0.05) is 22.4 Å². The molecule has 0 aromatic heterocycles. The zero-order valence-corrected chi connectivity index (χ0v) is 33.8. The lowest BCUT2D eigenvalue weighted by atomic mass is 9.82. The lowest BCUT2D eigenvalue weighted by Crippen LogP contribution is -2.16. The largest absolute Gasteiger partial charge is 0.310 e. The summed E-state index contributed by atoms with van der Waals surface area (Å²) in [6.07, 6.45) is 0. The third-order valence-electron chi connectivity index (χ3n) is 12.7. The normalized spacial score (nSPS) is 12.6. The Morgan fingerprint density at radius 1 is 0.300 bits per heavy atom. The van der Waals surface area contributed by atoms with E-state index in [2.05, 4.69) is 243 Å². The van der Waals surface area contributed by atoms with Gasteiger partial charge in [0.25, 0.3) is 0 Å². The van der Waals surface area contributed by atoms with Crippen molar-refractivity contribution in [3.8, 4) is 55.6 Å². The second-order valence-corrected chi connectivity index (χ2v) is 16.5. The van der Waals surface area contributed by atoms with Gasteiger partial charge in [-0.15, -0.1) is 0 Å². The maximum Gasteiger partial charge on any atom is 0.0543 e. The van der Waals surface area contributed by atoms with E-state index in [4.69, 9.17) is 0 Å². The molecule has 0 atom stereocenters. The van der Waals surface area contributed by atoms with E-state index in [0.717, 1.165) is 11.4 Å². The van der Waals surface area contributed by atoms with Gasteiger partial charge in [-0.2, -0.15) is 0 Å². The molecular weight excluding hydrogens is 723 g/mol. The molecule has 1 aliphatic rings. The fraction of sp³-hybridized carbons (Fsp3) is 0.0508. The monoisotopic (exact) mass is 765 g/mol. The quantitative estimate of drug-likeness (QED) is 0.156. The SMILES string of the molecule is CC1(C)c2ccccc2-c2c(N(c3ccc(-c4ccc(-c5cccc6ccccc56)cc4)cc3)c3ccc(-c4ccc(-c5cccc6ccccc56)cc4)cc3)cccc21. The number of hydrogen-bond donors (Lipinski definition) is 0.